The third-order valence-corrected chi connectivity index (χ3v) is 4.55. The molecule has 0 fully saturated rings. The third-order valence-electron chi connectivity index (χ3n) is 3.29. The van der Waals surface area contributed by atoms with E-state index in [1.807, 2.05) is 0 Å². The summed E-state index contributed by atoms with van der Waals surface area (Å²) in [6.45, 7) is 1.65. The zero-order chi connectivity index (χ0) is 15.1. The molecule has 110 valence electrons. The van der Waals surface area contributed by atoms with Gasteiger partial charge in [-0.2, -0.15) is 0 Å². The standard InChI is InChI=1S/C14H12FNO4S/c1-2-20-14(19)11-12(18)8-5-7(15)3-4-9(8)16-10(6-17)21-13(11)16/h3-5,10,17H,2,6H2,1H3. The molecule has 0 amide bonds. The fraction of sp³-hybridized carbons (Fsp3) is 0.286. The lowest BCUT2D eigenvalue weighted by Crippen LogP contribution is -2.31. The van der Waals surface area contributed by atoms with E-state index in [0.29, 0.717) is 10.5 Å². The summed E-state index contributed by atoms with van der Waals surface area (Å²) in [4.78, 5) is 24.4. The van der Waals surface area contributed by atoms with Crippen LogP contribution in [0.3, 0.4) is 0 Å². The van der Waals surface area contributed by atoms with Gasteiger partial charge in [0.25, 0.3) is 0 Å². The highest BCUT2D eigenvalue weighted by atomic mass is 32.2. The first kappa shape index (κ1) is 14.1. The molecular formula is C14H12FNO4S. The first-order valence-corrected chi connectivity index (χ1v) is 7.28. The number of pyridine rings is 1. The van der Waals surface area contributed by atoms with Crippen LogP contribution in [0.4, 0.5) is 4.39 Å². The lowest BCUT2D eigenvalue weighted by molar-refractivity contribution is 0.0517. The van der Waals surface area contributed by atoms with Crippen LogP contribution in [0.5, 0.6) is 0 Å². The molecular weight excluding hydrogens is 297 g/mol. The number of carbonyl (C=O) groups is 1. The van der Waals surface area contributed by atoms with Crippen LogP contribution < -0.4 is 5.43 Å². The summed E-state index contributed by atoms with van der Waals surface area (Å²) in [5.41, 5.74) is -0.134. The Hall–Kier alpha value is -1.86. The maximum atomic E-state index is 13.4. The first-order chi connectivity index (χ1) is 10.1. The van der Waals surface area contributed by atoms with Crippen molar-refractivity contribution in [1.29, 1.82) is 0 Å². The van der Waals surface area contributed by atoms with E-state index in [2.05, 4.69) is 0 Å². The molecule has 0 radical (unpaired) electrons. The summed E-state index contributed by atoms with van der Waals surface area (Å²) >= 11 is 1.23. The van der Waals surface area contributed by atoms with Crippen molar-refractivity contribution < 1.29 is 19.0 Å². The molecule has 0 saturated heterocycles. The van der Waals surface area contributed by atoms with Crippen LogP contribution in [0.1, 0.15) is 22.7 Å². The summed E-state index contributed by atoms with van der Waals surface area (Å²) in [6.07, 6.45) is 0. The van der Waals surface area contributed by atoms with Crippen molar-refractivity contribution in [3.05, 3.63) is 39.8 Å². The number of rotatable bonds is 3. The molecule has 1 N–H and O–H groups in total. The molecule has 1 aromatic carbocycles. The molecule has 3 rings (SSSR count). The Labute approximate surface area is 123 Å². The number of ether oxygens (including phenoxy) is 1. The number of aliphatic hydroxyl groups excluding tert-OH is 1. The molecule has 0 saturated carbocycles. The topological polar surface area (TPSA) is 68.5 Å². The molecule has 1 aliphatic heterocycles. The predicted molar refractivity (Wildman–Crippen MR) is 76.1 cm³/mol. The third kappa shape index (κ3) is 2.04. The predicted octanol–water partition coefficient (Wildman–Crippen LogP) is 1.91. The Bertz CT molecular complexity index is 802. The Kier molecular flexibility index (Phi) is 3.46. The largest absolute Gasteiger partial charge is 0.462 e. The minimum atomic E-state index is -0.721. The molecule has 0 bridgehead atoms. The molecule has 1 unspecified atom stereocenters. The van der Waals surface area contributed by atoms with Crippen molar-refractivity contribution in [2.75, 3.05) is 13.2 Å². The zero-order valence-electron chi connectivity index (χ0n) is 11.1. The van der Waals surface area contributed by atoms with E-state index in [4.69, 9.17) is 4.74 Å². The number of fused-ring (bicyclic) bond motifs is 3. The van der Waals surface area contributed by atoms with E-state index in [9.17, 15) is 19.1 Å². The number of nitrogens with zero attached hydrogens (tertiary/aromatic N) is 1. The maximum absolute atomic E-state index is 13.4. The molecule has 7 heteroatoms. The quantitative estimate of drug-likeness (QED) is 0.877. The van der Waals surface area contributed by atoms with Crippen molar-refractivity contribution in [1.82, 2.24) is 4.57 Å². The van der Waals surface area contributed by atoms with Gasteiger partial charge in [-0.25, -0.2) is 9.18 Å². The minimum absolute atomic E-state index is 0.0929. The van der Waals surface area contributed by atoms with Crippen molar-refractivity contribution in [3.63, 3.8) is 0 Å². The fourth-order valence-electron chi connectivity index (χ4n) is 2.40. The van der Waals surface area contributed by atoms with Crippen molar-refractivity contribution in [3.8, 4) is 0 Å². The van der Waals surface area contributed by atoms with Gasteiger partial charge < -0.3 is 14.4 Å². The van der Waals surface area contributed by atoms with Gasteiger partial charge in [0.2, 0.25) is 5.43 Å². The summed E-state index contributed by atoms with van der Waals surface area (Å²) in [6, 6.07) is 3.83. The number of thioether (sulfide) groups is 1. The van der Waals surface area contributed by atoms with Crippen LogP contribution in [-0.2, 0) is 4.74 Å². The number of halogens is 1. The molecule has 21 heavy (non-hydrogen) atoms. The lowest BCUT2D eigenvalue weighted by Gasteiger charge is -2.34. The van der Waals surface area contributed by atoms with Crippen LogP contribution >= 0.6 is 11.8 Å². The number of benzene rings is 1. The second-order valence-electron chi connectivity index (χ2n) is 4.52. The van der Waals surface area contributed by atoms with E-state index < -0.39 is 17.2 Å². The van der Waals surface area contributed by atoms with E-state index in [1.54, 1.807) is 11.5 Å². The minimum Gasteiger partial charge on any atom is -0.462 e. The van der Waals surface area contributed by atoms with Gasteiger partial charge in [-0.05, 0) is 25.1 Å². The number of aromatic nitrogens is 1. The first-order valence-electron chi connectivity index (χ1n) is 6.40. The Morgan fingerprint density at radius 2 is 2.29 bits per heavy atom. The zero-order valence-corrected chi connectivity index (χ0v) is 11.9. The molecule has 5 nitrogen and oxygen atoms in total. The number of esters is 1. The van der Waals surface area contributed by atoms with Crippen molar-refractivity contribution >= 4 is 28.6 Å². The molecule has 1 atom stereocenters. The Morgan fingerprint density at radius 3 is 2.95 bits per heavy atom. The molecule has 2 aromatic rings. The Balaban J connectivity index is 2.35. The van der Waals surface area contributed by atoms with Gasteiger partial charge in [-0.1, -0.05) is 11.8 Å². The smallest absolute Gasteiger partial charge is 0.344 e. The summed E-state index contributed by atoms with van der Waals surface area (Å²) in [7, 11) is 0. The number of aliphatic hydroxyl groups is 1. The Morgan fingerprint density at radius 1 is 1.52 bits per heavy atom. The van der Waals surface area contributed by atoms with Crippen molar-refractivity contribution in [2.45, 2.75) is 17.3 Å². The normalized spacial score (nSPS) is 16.4. The summed E-state index contributed by atoms with van der Waals surface area (Å²) in [5.74, 6) is -1.27. The monoisotopic (exact) mass is 309 g/mol. The number of hydrogen-bond donors (Lipinski definition) is 1. The van der Waals surface area contributed by atoms with Gasteiger partial charge in [0, 0.05) is 5.39 Å². The molecule has 0 spiro atoms. The summed E-state index contributed by atoms with van der Waals surface area (Å²) in [5, 5.41) is 9.62. The molecule has 1 aromatic heterocycles. The molecule has 1 aliphatic rings. The van der Waals surface area contributed by atoms with Crippen LogP contribution in [0, 0.1) is 5.82 Å². The van der Waals surface area contributed by atoms with Gasteiger partial charge in [0.1, 0.15) is 16.8 Å². The van der Waals surface area contributed by atoms with E-state index in [0.717, 1.165) is 6.07 Å². The van der Waals surface area contributed by atoms with E-state index in [1.165, 1.54) is 23.9 Å². The van der Waals surface area contributed by atoms with Gasteiger partial charge >= 0.3 is 5.97 Å². The van der Waals surface area contributed by atoms with Gasteiger partial charge in [0.15, 0.2) is 0 Å². The number of hydrogen-bond acceptors (Lipinski definition) is 5. The SMILES string of the molecule is CCOC(=O)c1c2n(c3ccc(F)cc3c1=O)C(CO)S2. The van der Waals surface area contributed by atoms with E-state index in [-0.39, 0.29) is 29.5 Å². The van der Waals surface area contributed by atoms with Crippen LogP contribution in [0.2, 0.25) is 0 Å². The van der Waals surface area contributed by atoms with Crippen molar-refractivity contribution in [2.24, 2.45) is 0 Å². The van der Waals surface area contributed by atoms with Gasteiger partial charge in [-0.3, -0.25) is 4.79 Å². The van der Waals surface area contributed by atoms with Crippen LogP contribution in [0.15, 0.2) is 28.0 Å². The number of carbonyl (C=O) groups excluding carboxylic acids is 1. The highest BCUT2D eigenvalue weighted by Gasteiger charge is 2.35. The molecule has 2 heterocycles. The highest BCUT2D eigenvalue weighted by molar-refractivity contribution is 8.00. The summed E-state index contributed by atoms with van der Waals surface area (Å²) < 4.78 is 20.0. The fourth-order valence-corrected chi connectivity index (χ4v) is 3.53. The second kappa shape index (κ2) is 5.16. The average Bonchev–Trinajstić information content (AvgIpc) is 2.43. The average molecular weight is 309 g/mol. The molecule has 0 aliphatic carbocycles. The van der Waals surface area contributed by atoms with Gasteiger partial charge in [0.05, 0.1) is 23.8 Å². The maximum Gasteiger partial charge on any atom is 0.344 e. The van der Waals surface area contributed by atoms with Crippen LogP contribution in [0.25, 0.3) is 10.9 Å². The second-order valence-corrected chi connectivity index (χ2v) is 5.68. The van der Waals surface area contributed by atoms with Crippen LogP contribution in [-0.4, -0.2) is 28.9 Å². The van der Waals surface area contributed by atoms with Gasteiger partial charge in [-0.15, -0.1) is 0 Å². The van der Waals surface area contributed by atoms with E-state index >= 15 is 0 Å². The lowest BCUT2D eigenvalue weighted by atomic mass is 10.1. The highest BCUT2D eigenvalue weighted by Crippen LogP contribution is 2.46.